The number of carbonyl (C=O) groups excluding carboxylic acids is 1. The summed E-state index contributed by atoms with van der Waals surface area (Å²) in [6.45, 7) is 5.61. The highest BCUT2D eigenvalue weighted by molar-refractivity contribution is 6.28. The number of aromatic nitrogens is 2. The van der Waals surface area contributed by atoms with E-state index >= 15 is 0 Å². The number of nitrogens with zero attached hydrogens (tertiary/aromatic N) is 2. The molecular weight excluding hydrogens is 319 g/mol. The van der Waals surface area contributed by atoms with Crippen molar-refractivity contribution < 1.29 is 13.9 Å². The number of halogens is 2. The van der Waals surface area contributed by atoms with Gasteiger partial charge in [0.15, 0.2) is 5.82 Å². The molecule has 0 radical (unpaired) electrons. The molecule has 128 valence electrons. The van der Waals surface area contributed by atoms with Crippen molar-refractivity contribution in [2.75, 3.05) is 0 Å². The van der Waals surface area contributed by atoms with Crippen molar-refractivity contribution in [3.05, 3.63) is 23.0 Å². The van der Waals surface area contributed by atoms with Crippen LogP contribution in [0.1, 0.15) is 58.6 Å². The van der Waals surface area contributed by atoms with Crippen LogP contribution in [-0.4, -0.2) is 21.5 Å². The molecule has 1 saturated carbocycles. The van der Waals surface area contributed by atoms with Gasteiger partial charge in [-0.1, -0.05) is 12.8 Å². The first-order valence-electron chi connectivity index (χ1n) is 8.11. The largest absolute Gasteiger partial charge is 0.460 e. The Balaban J connectivity index is 1.90. The lowest BCUT2D eigenvalue weighted by Crippen LogP contribution is -2.27. The molecule has 0 spiro atoms. The molecule has 2 atom stereocenters. The molecule has 6 heteroatoms. The maximum atomic E-state index is 13.8. The summed E-state index contributed by atoms with van der Waals surface area (Å²) in [5, 5.41) is 0.0718. The molecule has 0 amide bonds. The fraction of sp³-hybridized carbons (Fsp3) is 0.706. The number of ether oxygens (including phenoxy) is 1. The van der Waals surface area contributed by atoms with Crippen LogP contribution in [0.5, 0.6) is 0 Å². The monoisotopic (exact) mass is 342 g/mol. The van der Waals surface area contributed by atoms with Crippen LogP contribution in [0.4, 0.5) is 4.39 Å². The molecule has 1 heterocycles. The Morgan fingerprint density at radius 2 is 2.09 bits per heavy atom. The summed E-state index contributed by atoms with van der Waals surface area (Å²) in [5.41, 5.74) is -0.0840. The van der Waals surface area contributed by atoms with Gasteiger partial charge in [-0.25, -0.2) is 14.4 Å². The van der Waals surface area contributed by atoms with E-state index in [1.165, 1.54) is 0 Å². The van der Waals surface area contributed by atoms with Crippen molar-refractivity contribution in [3.8, 4) is 0 Å². The zero-order chi connectivity index (χ0) is 17.0. The third-order valence-electron chi connectivity index (χ3n) is 4.04. The predicted molar refractivity (Wildman–Crippen MR) is 86.6 cm³/mol. The van der Waals surface area contributed by atoms with Crippen LogP contribution in [-0.2, 0) is 16.0 Å². The molecule has 1 aliphatic rings. The Kier molecular flexibility index (Phi) is 5.95. The molecule has 0 bridgehead atoms. The van der Waals surface area contributed by atoms with Crippen molar-refractivity contribution in [2.45, 2.75) is 64.9 Å². The van der Waals surface area contributed by atoms with Gasteiger partial charge in [-0.3, -0.25) is 4.79 Å². The molecule has 1 aromatic rings. The summed E-state index contributed by atoms with van der Waals surface area (Å²) >= 11 is 5.74. The second-order valence-electron chi connectivity index (χ2n) is 7.33. The molecule has 2 rings (SSSR count). The highest BCUT2D eigenvalue weighted by atomic mass is 35.5. The Labute approximate surface area is 141 Å². The quantitative estimate of drug-likeness (QED) is 0.603. The Morgan fingerprint density at radius 3 is 2.78 bits per heavy atom. The smallest absolute Gasteiger partial charge is 0.306 e. The normalized spacial score (nSPS) is 22.0. The zero-order valence-corrected chi connectivity index (χ0v) is 14.7. The average molecular weight is 343 g/mol. The van der Waals surface area contributed by atoms with Crippen molar-refractivity contribution in [3.63, 3.8) is 0 Å². The SMILES string of the molecule is CC(C)(C)OC(=O)C[C@H]1CCC[C@@H](Cc2nc(Cl)ncc2F)C1. The van der Waals surface area contributed by atoms with Crippen molar-refractivity contribution in [1.29, 1.82) is 0 Å². The maximum absolute atomic E-state index is 13.8. The van der Waals surface area contributed by atoms with Gasteiger partial charge in [-0.15, -0.1) is 0 Å². The molecule has 0 N–H and O–H groups in total. The second kappa shape index (κ2) is 7.56. The molecule has 1 aromatic heterocycles. The highest BCUT2D eigenvalue weighted by Crippen LogP contribution is 2.34. The Morgan fingerprint density at radius 1 is 1.39 bits per heavy atom. The van der Waals surface area contributed by atoms with Crippen LogP contribution in [0, 0.1) is 17.7 Å². The highest BCUT2D eigenvalue weighted by Gasteiger charge is 2.27. The number of hydrogen-bond donors (Lipinski definition) is 0. The summed E-state index contributed by atoms with van der Waals surface area (Å²) in [4.78, 5) is 19.6. The minimum Gasteiger partial charge on any atom is -0.460 e. The van der Waals surface area contributed by atoms with Crippen LogP contribution < -0.4 is 0 Å². The second-order valence-corrected chi connectivity index (χ2v) is 7.67. The number of rotatable bonds is 4. The summed E-state index contributed by atoms with van der Waals surface area (Å²) in [6.07, 6.45) is 6.05. The molecule has 0 aromatic carbocycles. The van der Waals surface area contributed by atoms with Crippen molar-refractivity contribution >= 4 is 17.6 Å². The van der Waals surface area contributed by atoms with Crippen LogP contribution in [0.2, 0.25) is 5.28 Å². The van der Waals surface area contributed by atoms with E-state index in [4.69, 9.17) is 16.3 Å². The van der Waals surface area contributed by atoms with Crippen LogP contribution in [0.15, 0.2) is 6.20 Å². The van der Waals surface area contributed by atoms with E-state index in [0.717, 1.165) is 31.9 Å². The van der Waals surface area contributed by atoms with Crippen molar-refractivity contribution in [2.24, 2.45) is 11.8 Å². The summed E-state index contributed by atoms with van der Waals surface area (Å²) in [7, 11) is 0. The van der Waals surface area contributed by atoms with Gasteiger partial charge in [0.2, 0.25) is 5.28 Å². The summed E-state index contributed by atoms with van der Waals surface area (Å²) in [5.74, 6) is 0.0451. The topological polar surface area (TPSA) is 52.1 Å². The van der Waals surface area contributed by atoms with Gasteiger partial charge >= 0.3 is 5.97 Å². The average Bonchev–Trinajstić information content (AvgIpc) is 2.41. The number of carbonyl (C=O) groups is 1. The maximum Gasteiger partial charge on any atom is 0.306 e. The van der Waals surface area contributed by atoms with Gasteiger partial charge < -0.3 is 4.74 Å². The van der Waals surface area contributed by atoms with Gasteiger partial charge in [0.05, 0.1) is 11.9 Å². The van der Waals surface area contributed by atoms with Crippen LogP contribution in [0.3, 0.4) is 0 Å². The molecule has 0 aliphatic heterocycles. The standard InChI is InChI=1S/C17H24ClFN2O2/c1-17(2,3)23-15(22)9-12-6-4-5-11(7-12)8-14-13(19)10-20-16(18)21-14/h10-12H,4-9H2,1-3H3/t11-,12+/m1/s1. The first-order chi connectivity index (χ1) is 10.7. The first kappa shape index (κ1) is 18.1. The molecule has 0 unspecified atom stereocenters. The third kappa shape index (κ3) is 6.05. The lowest BCUT2D eigenvalue weighted by atomic mass is 9.78. The Hall–Kier alpha value is -1.23. The van der Waals surface area contributed by atoms with Crippen LogP contribution in [0.25, 0.3) is 0 Å². The molecule has 4 nitrogen and oxygen atoms in total. The molecule has 0 saturated heterocycles. The summed E-state index contributed by atoms with van der Waals surface area (Å²) in [6, 6.07) is 0. The summed E-state index contributed by atoms with van der Waals surface area (Å²) < 4.78 is 19.2. The van der Waals surface area contributed by atoms with E-state index in [1.54, 1.807) is 0 Å². The van der Waals surface area contributed by atoms with E-state index < -0.39 is 11.4 Å². The zero-order valence-electron chi connectivity index (χ0n) is 13.9. The third-order valence-corrected chi connectivity index (χ3v) is 4.22. The molecule has 1 aliphatic carbocycles. The van der Waals surface area contributed by atoms with E-state index in [9.17, 15) is 9.18 Å². The first-order valence-corrected chi connectivity index (χ1v) is 8.49. The lowest BCUT2D eigenvalue weighted by Gasteiger charge is -2.29. The fourth-order valence-electron chi connectivity index (χ4n) is 3.19. The van der Waals surface area contributed by atoms with E-state index in [2.05, 4.69) is 9.97 Å². The van der Waals surface area contributed by atoms with Crippen molar-refractivity contribution in [1.82, 2.24) is 9.97 Å². The lowest BCUT2D eigenvalue weighted by molar-refractivity contribution is -0.156. The van der Waals surface area contributed by atoms with Crippen LogP contribution >= 0.6 is 11.6 Å². The predicted octanol–water partition coefficient (Wildman–Crippen LogP) is 4.35. The van der Waals surface area contributed by atoms with Gasteiger partial charge in [-0.2, -0.15) is 0 Å². The van der Waals surface area contributed by atoms with Gasteiger partial charge in [0, 0.05) is 6.42 Å². The fourth-order valence-corrected chi connectivity index (χ4v) is 3.34. The number of hydrogen-bond acceptors (Lipinski definition) is 4. The number of esters is 1. The van der Waals surface area contributed by atoms with Gasteiger partial charge in [-0.05, 0) is 63.5 Å². The minimum atomic E-state index is -0.452. The molecule has 1 fully saturated rings. The van der Waals surface area contributed by atoms with E-state index in [1.807, 2.05) is 20.8 Å². The van der Waals surface area contributed by atoms with E-state index in [-0.39, 0.29) is 11.3 Å². The minimum absolute atomic E-state index is 0.0718. The van der Waals surface area contributed by atoms with Gasteiger partial charge in [0.25, 0.3) is 0 Å². The molecular formula is C17H24ClFN2O2. The Bertz CT molecular complexity index is 560. The van der Waals surface area contributed by atoms with Gasteiger partial charge in [0.1, 0.15) is 5.60 Å². The van der Waals surface area contributed by atoms with E-state index in [0.29, 0.717) is 30.4 Å². The molecule has 23 heavy (non-hydrogen) atoms.